The van der Waals surface area contributed by atoms with Gasteiger partial charge in [-0.1, -0.05) is 18.2 Å². The molecule has 6 nitrogen and oxygen atoms in total. The number of hydrogen-bond donors (Lipinski definition) is 1. The Morgan fingerprint density at radius 1 is 1.12 bits per heavy atom. The van der Waals surface area contributed by atoms with Crippen molar-refractivity contribution in [2.75, 3.05) is 26.3 Å². The van der Waals surface area contributed by atoms with Crippen molar-refractivity contribution in [2.24, 2.45) is 5.92 Å². The van der Waals surface area contributed by atoms with Gasteiger partial charge in [0.2, 0.25) is 0 Å². The molecule has 2 aromatic rings. The topological polar surface area (TPSA) is 59.5 Å². The number of nitrogens with one attached hydrogen (secondary N) is 1. The highest BCUT2D eigenvalue weighted by molar-refractivity contribution is 7.71. The number of carbonyl (C=O) groups excluding carboxylic acids is 1. The molecule has 4 rings (SSSR count). The molecule has 2 aliphatic rings. The Hall–Kier alpha value is -1.96. The number of hydrogen-bond acceptors (Lipinski definition) is 4. The number of nitrogens with zero attached hydrogens (tertiary/aromatic N) is 2. The van der Waals surface area contributed by atoms with Gasteiger partial charge < -0.3 is 19.4 Å². The quantitative estimate of drug-likeness (QED) is 0.856. The van der Waals surface area contributed by atoms with Crippen molar-refractivity contribution < 1.29 is 14.3 Å². The maximum Gasteiger partial charge on any atom is 0.272 e. The number of benzene rings is 1. The van der Waals surface area contributed by atoms with E-state index in [1.807, 2.05) is 35.2 Å². The van der Waals surface area contributed by atoms with Crippen molar-refractivity contribution in [3.8, 4) is 5.69 Å². The number of rotatable bonds is 3. The molecule has 0 atom stereocenters. The van der Waals surface area contributed by atoms with E-state index < -0.39 is 0 Å². The molecular weight excluding hydrogens is 338 g/mol. The molecule has 1 aromatic carbocycles. The van der Waals surface area contributed by atoms with Gasteiger partial charge in [-0.2, -0.15) is 0 Å². The number of aromatic amines is 1. The summed E-state index contributed by atoms with van der Waals surface area (Å²) in [6.45, 7) is 2.76. The lowest BCUT2D eigenvalue weighted by Crippen LogP contribution is -2.42. The highest BCUT2D eigenvalue weighted by atomic mass is 32.1. The number of imidazole rings is 1. The second-order valence-corrected chi connectivity index (χ2v) is 6.78. The van der Waals surface area contributed by atoms with Gasteiger partial charge >= 0.3 is 0 Å². The second-order valence-electron chi connectivity index (χ2n) is 6.39. The van der Waals surface area contributed by atoms with Crippen LogP contribution in [0.1, 0.15) is 23.3 Å². The van der Waals surface area contributed by atoms with Gasteiger partial charge in [0, 0.05) is 30.9 Å². The fourth-order valence-corrected chi connectivity index (χ4v) is 3.81. The van der Waals surface area contributed by atoms with Crippen molar-refractivity contribution in [1.29, 1.82) is 0 Å². The van der Waals surface area contributed by atoms with Gasteiger partial charge in [0.15, 0.2) is 11.1 Å². The highest BCUT2D eigenvalue weighted by Gasteiger charge is 2.32. The van der Waals surface area contributed by atoms with Gasteiger partial charge in [0.05, 0.1) is 13.2 Å². The van der Waals surface area contributed by atoms with Crippen LogP contribution in [0, 0.1) is 10.7 Å². The largest absolute Gasteiger partial charge is 0.350 e. The first-order valence-corrected chi connectivity index (χ1v) is 9.03. The molecule has 3 heterocycles. The molecule has 0 saturated carbocycles. The zero-order chi connectivity index (χ0) is 17.2. The lowest BCUT2D eigenvalue weighted by Gasteiger charge is -2.33. The summed E-state index contributed by atoms with van der Waals surface area (Å²) in [5.41, 5.74) is 1.46. The number of likely N-dealkylation sites (tertiary alicyclic amines) is 1. The number of piperidine rings is 1. The Labute approximate surface area is 151 Å². The average Bonchev–Trinajstić information content (AvgIpc) is 3.32. The fourth-order valence-electron chi connectivity index (χ4n) is 3.54. The van der Waals surface area contributed by atoms with Gasteiger partial charge in [-0.15, -0.1) is 0 Å². The van der Waals surface area contributed by atoms with E-state index in [4.69, 9.17) is 21.7 Å². The van der Waals surface area contributed by atoms with Crippen LogP contribution in [-0.4, -0.2) is 53.0 Å². The summed E-state index contributed by atoms with van der Waals surface area (Å²) < 4.78 is 13.5. The molecule has 7 heteroatoms. The van der Waals surface area contributed by atoms with Crippen LogP contribution < -0.4 is 0 Å². The Morgan fingerprint density at radius 2 is 1.80 bits per heavy atom. The number of carbonyl (C=O) groups is 1. The smallest absolute Gasteiger partial charge is 0.272 e. The lowest BCUT2D eigenvalue weighted by atomic mass is 9.96. The first-order valence-electron chi connectivity index (χ1n) is 8.62. The first-order chi connectivity index (χ1) is 12.2. The number of amides is 1. The van der Waals surface area contributed by atoms with Crippen LogP contribution in [-0.2, 0) is 9.47 Å². The van der Waals surface area contributed by atoms with Crippen molar-refractivity contribution in [2.45, 2.75) is 19.1 Å². The third kappa shape index (κ3) is 3.27. The van der Waals surface area contributed by atoms with Crippen LogP contribution in [0.15, 0.2) is 36.5 Å². The number of ether oxygens (including phenoxy) is 2. The van der Waals surface area contributed by atoms with E-state index in [9.17, 15) is 4.79 Å². The normalized spacial score (nSPS) is 19.4. The molecular formula is C18H21N3O3S. The molecule has 0 aliphatic carbocycles. The standard InChI is InChI=1S/C18H21N3O3S/c22-16(20-8-6-13(7-9-20)17-23-10-11-24-17)15-12-19-18(25)21(15)14-4-2-1-3-5-14/h1-5,12-13,17H,6-11H2,(H,19,25). The highest BCUT2D eigenvalue weighted by Crippen LogP contribution is 2.27. The predicted octanol–water partition coefficient (Wildman–Crippen LogP) is 2.76. The maximum absolute atomic E-state index is 13.0. The van der Waals surface area contributed by atoms with Crippen LogP contribution >= 0.6 is 12.2 Å². The molecule has 2 aliphatic heterocycles. The number of aromatic nitrogens is 2. The monoisotopic (exact) mass is 359 g/mol. The average molecular weight is 359 g/mol. The minimum atomic E-state index is -0.0991. The minimum Gasteiger partial charge on any atom is -0.350 e. The van der Waals surface area contributed by atoms with E-state index in [-0.39, 0.29) is 12.2 Å². The summed E-state index contributed by atoms with van der Waals surface area (Å²) in [6.07, 6.45) is 3.39. The van der Waals surface area contributed by atoms with E-state index in [0.717, 1.165) is 18.5 Å². The van der Waals surface area contributed by atoms with Crippen LogP contribution in [0.2, 0.25) is 0 Å². The molecule has 0 spiro atoms. The Kier molecular flexibility index (Phi) is 4.70. The van der Waals surface area contributed by atoms with Gasteiger partial charge in [-0.25, -0.2) is 0 Å². The summed E-state index contributed by atoms with van der Waals surface area (Å²) in [6, 6.07) is 9.71. The van der Waals surface area contributed by atoms with Crippen LogP contribution in [0.4, 0.5) is 0 Å². The van der Waals surface area contributed by atoms with E-state index in [2.05, 4.69) is 4.98 Å². The summed E-state index contributed by atoms with van der Waals surface area (Å²) in [7, 11) is 0. The van der Waals surface area contributed by atoms with Gasteiger partial charge in [-0.3, -0.25) is 9.36 Å². The van der Waals surface area contributed by atoms with E-state index >= 15 is 0 Å². The van der Waals surface area contributed by atoms with E-state index in [0.29, 0.717) is 42.7 Å². The molecule has 2 saturated heterocycles. The summed E-state index contributed by atoms with van der Waals surface area (Å²) in [5.74, 6) is 0.372. The second kappa shape index (κ2) is 7.11. The molecule has 0 bridgehead atoms. The lowest BCUT2D eigenvalue weighted by molar-refractivity contribution is -0.0956. The van der Waals surface area contributed by atoms with Crippen LogP contribution in [0.3, 0.4) is 0 Å². The zero-order valence-corrected chi connectivity index (χ0v) is 14.7. The van der Waals surface area contributed by atoms with Gasteiger partial charge in [-0.05, 0) is 37.2 Å². The fraction of sp³-hybridized carbons (Fsp3) is 0.444. The number of para-hydroxylation sites is 1. The minimum absolute atomic E-state index is 0.00270. The molecule has 25 heavy (non-hydrogen) atoms. The van der Waals surface area contributed by atoms with Crippen molar-refractivity contribution >= 4 is 18.1 Å². The molecule has 1 N–H and O–H groups in total. The van der Waals surface area contributed by atoms with Crippen molar-refractivity contribution in [1.82, 2.24) is 14.5 Å². The predicted molar refractivity (Wildman–Crippen MR) is 95.3 cm³/mol. The number of H-pyrrole nitrogens is 1. The van der Waals surface area contributed by atoms with Crippen LogP contribution in [0.5, 0.6) is 0 Å². The molecule has 0 radical (unpaired) electrons. The molecule has 0 unspecified atom stereocenters. The van der Waals surface area contributed by atoms with Crippen LogP contribution in [0.25, 0.3) is 5.69 Å². The maximum atomic E-state index is 13.0. The molecule has 1 aromatic heterocycles. The molecule has 1 amide bonds. The molecule has 132 valence electrons. The summed E-state index contributed by atoms with van der Waals surface area (Å²) in [5, 5.41) is 0. The van der Waals surface area contributed by atoms with E-state index in [1.54, 1.807) is 10.8 Å². The Bertz CT molecular complexity index is 787. The Morgan fingerprint density at radius 3 is 2.48 bits per heavy atom. The summed E-state index contributed by atoms with van der Waals surface area (Å²) in [4.78, 5) is 17.9. The first kappa shape index (κ1) is 16.5. The third-order valence-electron chi connectivity index (χ3n) is 4.87. The van der Waals surface area contributed by atoms with Crippen molar-refractivity contribution in [3.05, 3.63) is 47.0 Å². The zero-order valence-electron chi connectivity index (χ0n) is 13.9. The SMILES string of the molecule is O=C(c1c[nH]c(=S)n1-c1ccccc1)N1CCC(C2OCCO2)CC1. The molecule has 2 fully saturated rings. The Balaban J connectivity index is 1.50. The van der Waals surface area contributed by atoms with Gasteiger partial charge in [0.1, 0.15) is 5.69 Å². The van der Waals surface area contributed by atoms with Gasteiger partial charge in [0.25, 0.3) is 5.91 Å². The summed E-state index contributed by atoms with van der Waals surface area (Å²) >= 11 is 5.37. The van der Waals surface area contributed by atoms with Crippen molar-refractivity contribution in [3.63, 3.8) is 0 Å². The third-order valence-corrected chi connectivity index (χ3v) is 5.17. The van der Waals surface area contributed by atoms with E-state index in [1.165, 1.54) is 0 Å².